The summed E-state index contributed by atoms with van der Waals surface area (Å²) >= 11 is 0. The molecule has 0 bridgehead atoms. The molecule has 4 heterocycles. The van der Waals surface area contributed by atoms with Gasteiger partial charge in [0.15, 0.2) is 12.2 Å². The predicted octanol–water partition coefficient (Wildman–Crippen LogP) is 9.49. The summed E-state index contributed by atoms with van der Waals surface area (Å²) in [7, 11) is 1.14. The monoisotopic (exact) mass is 1440 g/mol. The molecule has 558 valence electrons. The Bertz CT molecular complexity index is 3740. The van der Waals surface area contributed by atoms with Crippen molar-refractivity contribution in [2.45, 2.75) is 168 Å². The van der Waals surface area contributed by atoms with Gasteiger partial charge in [-0.3, -0.25) is 19.8 Å². The first-order chi connectivity index (χ1) is 49.7. The molecule has 2 N–H and O–H groups in total. The zero-order valence-corrected chi connectivity index (χ0v) is 60.0. The van der Waals surface area contributed by atoms with Crippen molar-refractivity contribution in [3.05, 3.63) is 179 Å². The standard InChI is InChI=1S/C78H92N2O24/c1-43-38-78(77(89)90-11,103-65(44(43)2)46(4)61(96-52(10)83)39-91-51(9)82)104-68-48(6)75(95-49(7)79)99-63(42-94-72(86)55-31-21-14-22-32-55)69(68)102-76-64(80-50(8)81)58(45(3)60(98-76)40-92-70(84)53-27-17-12-18-28-53)37-59-66(100-73(87)56-33-23-15-24-34-56)47(5)67(101-74(88)57-35-25-16-26-36-57)62(97-59)41-93-71(85)54-29-19-13-20-30-54/h12-36,43-48,58-69,75-76,79H,37-42H2,1-11H3,(H,80,81)/t43?,44-,45+,46-,47-,48?,58+,59+,60?,61-,62?,63?,64?,65-,66?,67-,68-,69?,75+,76+,78+/m1/s1. The second kappa shape index (κ2) is 36.3. The Morgan fingerprint density at radius 2 is 0.942 bits per heavy atom. The minimum absolute atomic E-state index is 0.157. The van der Waals surface area contributed by atoms with Gasteiger partial charge >= 0.3 is 47.8 Å². The van der Waals surface area contributed by atoms with Gasteiger partial charge in [0, 0.05) is 51.9 Å². The molecule has 5 aromatic rings. The van der Waals surface area contributed by atoms with Gasteiger partial charge in [-0.1, -0.05) is 133 Å². The Morgan fingerprint density at radius 3 is 1.38 bits per heavy atom. The molecular weight excluding hydrogens is 1350 g/mol. The fourth-order valence-corrected chi connectivity index (χ4v) is 13.9. The maximum absolute atomic E-state index is 15.0. The lowest BCUT2D eigenvalue weighted by atomic mass is 9.74. The molecule has 9 rings (SSSR count). The van der Waals surface area contributed by atoms with Crippen molar-refractivity contribution in [2.75, 3.05) is 33.5 Å². The summed E-state index contributed by atoms with van der Waals surface area (Å²) < 4.78 is 96.4. The highest BCUT2D eigenvalue weighted by Gasteiger charge is 2.60. The van der Waals surface area contributed by atoms with E-state index in [-0.39, 0.29) is 53.2 Å². The van der Waals surface area contributed by atoms with Crippen LogP contribution in [0.15, 0.2) is 152 Å². The fraction of sp³-hybridized carbons (Fsp3) is 0.487. The van der Waals surface area contributed by atoms with Gasteiger partial charge in [0.1, 0.15) is 63.1 Å². The largest absolute Gasteiger partial charge is 0.465 e. The van der Waals surface area contributed by atoms with Crippen molar-refractivity contribution in [1.82, 2.24) is 5.32 Å². The molecule has 4 saturated heterocycles. The van der Waals surface area contributed by atoms with Crippen LogP contribution >= 0.6 is 0 Å². The number of hydrogen-bond acceptors (Lipinski definition) is 25. The second-order valence-corrected chi connectivity index (χ2v) is 26.9. The first-order valence-corrected chi connectivity index (χ1v) is 34.8. The molecule has 0 spiro atoms. The first-order valence-electron chi connectivity index (χ1n) is 34.8. The van der Waals surface area contributed by atoms with E-state index in [0.717, 1.165) is 7.11 Å². The van der Waals surface area contributed by atoms with Crippen LogP contribution in [-0.2, 0) is 90.2 Å². The quantitative estimate of drug-likeness (QED) is 0.0214. The topological polar surface area (TPSA) is 328 Å². The maximum Gasteiger partial charge on any atom is 0.366 e. The Labute approximate surface area is 604 Å². The molecule has 104 heavy (non-hydrogen) atoms. The van der Waals surface area contributed by atoms with E-state index in [1.807, 2.05) is 13.8 Å². The molecule has 0 aliphatic carbocycles. The van der Waals surface area contributed by atoms with Crippen molar-refractivity contribution in [3.63, 3.8) is 0 Å². The Balaban J connectivity index is 1.18. The van der Waals surface area contributed by atoms with Crippen LogP contribution in [0.5, 0.6) is 0 Å². The number of methoxy groups -OCH3 is 1. The summed E-state index contributed by atoms with van der Waals surface area (Å²) in [4.78, 5) is 125. The van der Waals surface area contributed by atoms with Crippen molar-refractivity contribution >= 4 is 59.6 Å². The first kappa shape index (κ1) is 78.7. The minimum atomic E-state index is -2.38. The van der Waals surface area contributed by atoms with E-state index in [2.05, 4.69) is 5.32 Å². The lowest BCUT2D eigenvalue weighted by Gasteiger charge is -2.53. The molecule has 1 amide bonds. The SMILES string of the molecule is COC(=O)[C@@]1(O[C@H]2C(O[C@@H]3OC(COC(=O)c4ccccc4)[C@@H](C)[C@H](C[C@@H]4OC(COC(=O)c5ccccc5)[C@H](OC(=O)c5ccccc5)[C@H](C)C4OC(=O)c4ccccc4)C3NC(C)=O)C(COC(=O)c3ccccc3)O[C@H](OC(C)=N)C2C)CC(C)[C@@H](C)[C@H]([C@H](C)[C@@H](COC(C)=O)OC(C)=O)O1. The smallest absolute Gasteiger partial charge is 0.366 e. The summed E-state index contributed by atoms with van der Waals surface area (Å²) in [5.41, 5.74) is 0.932. The summed E-state index contributed by atoms with van der Waals surface area (Å²) in [6.45, 7) is 13.7. The van der Waals surface area contributed by atoms with Crippen LogP contribution in [0.4, 0.5) is 0 Å². The Kier molecular flexibility index (Phi) is 27.5. The van der Waals surface area contributed by atoms with Gasteiger partial charge in [0.25, 0.3) is 5.79 Å². The highest BCUT2D eigenvalue weighted by Crippen LogP contribution is 2.47. The second-order valence-electron chi connectivity index (χ2n) is 26.9. The molecule has 21 atom stereocenters. The Morgan fingerprint density at radius 1 is 0.500 bits per heavy atom. The molecule has 4 fully saturated rings. The van der Waals surface area contributed by atoms with Gasteiger partial charge in [-0.2, -0.15) is 0 Å². The van der Waals surface area contributed by atoms with E-state index in [1.54, 1.807) is 167 Å². The molecular formula is C78H92N2O24. The van der Waals surface area contributed by atoms with Crippen LogP contribution < -0.4 is 5.32 Å². The van der Waals surface area contributed by atoms with E-state index in [4.69, 9.17) is 76.5 Å². The van der Waals surface area contributed by atoms with Gasteiger partial charge in [-0.15, -0.1) is 0 Å². The normalized spacial score (nSPS) is 29.3. The van der Waals surface area contributed by atoms with Crippen LogP contribution in [0.1, 0.15) is 134 Å². The van der Waals surface area contributed by atoms with Gasteiger partial charge < -0.3 is 76.4 Å². The predicted molar refractivity (Wildman–Crippen MR) is 369 cm³/mol. The summed E-state index contributed by atoms with van der Waals surface area (Å²) in [6.07, 6.45) is -16.4. The lowest BCUT2D eigenvalue weighted by Crippen LogP contribution is -2.67. The number of rotatable bonds is 27. The number of carbonyl (C=O) groups is 9. The molecule has 4 aliphatic heterocycles. The minimum Gasteiger partial charge on any atom is -0.465 e. The summed E-state index contributed by atoms with van der Waals surface area (Å²) in [5, 5.41) is 11.7. The van der Waals surface area contributed by atoms with Crippen LogP contribution in [-0.4, -0.2) is 179 Å². The lowest BCUT2D eigenvalue weighted by molar-refractivity contribution is -0.374. The Hall–Kier alpha value is -9.44. The highest BCUT2D eigenvalue weighted by molar-refractivity contribution is 5.91. The van der Waals surface area contributed by atoms with Crippen molar-refractivity contribution < 1.29 is 114 Å². The van der Waals surface area contributed by atoms with Crippen molar-refractivity contribution in [2.24, 2.45) is 41.4 Å². The number of hydrogen-bond donors (Lipinski definition) is 2. The van der Waals surface area contributed by atoms with Crippen LogP contribution in [0, 0.1) is 46.8 Å². The number of carbonyl (C=O) groups excluding carboxylic acids is 9. The summed E-state index contributed by atoms with van der Waals surface area (Å²) in [6, 6.07) is 39.5. The van der Waals surface area contributed by atoms with Gasteiger partial charge in [0.2, 0.25) is 12.2 Å². The number of ether oxygens (including phenoxy) is 15. The zero-order chi connectivity index (χ0) is 74.9. The van der Waals surface area contributed by atoms with Gasteiger partial charge in [-0.05, 0) is 90.8 Å². The van der Waals surface area contributed by atoms with Crippen LogP contribution in [0.25, 0.3) is 0 Å². The highest BCUT2D eigenvalue weighted by atomic mass is 16.8. The molecule has 26 nitrogen and oxygen atoms in total. The van der Waals surface area contributed by atoms with Gasteiger partial charge in [-0.25, -0.2) is 28.8 Å². The molecule has 0 aromatic heterocycles. The van der Waals surface area contributed by atoms with E-state index >= 15 is 4.79 Å². The van der Waals surface area contributed by atoms with E-state index in [1.165, 1.54) is 39.8 Å². The molecule has 0 saturated carbocycles. The fourth-order valence-electron chi connectivity index (χ4n) is 13.9. The molecule has 0 radical (unpaired) electrons. The van der Waals surface area contributed by atoms with Gasteiger partial charge in [0.05, 0.1) is 65.4 Å². The third kappa shape index (κ3) is 19.9. The third-order valence-corrected chi connectivity index (χ3v) is 19.5. The average Bonchev–Trinajstić information content (AvgIpc) is 0.746. The van der Waals surface area contributed by atoms with E-state index < -0.39 is 200 Å². The van der Waals surface area contributed by atoms with Crippen molar-refractivity contribution in [1.29, 1.82) is 5.41 Å². The molecule has 5 aromatic carbocycles. The third-order valence-electron chi connectivity index (χ3n) is 19.5. The molecule has 8 unspecified atom stereocenters. The van der Waals surface area contributed by atoms with E-state index in [9.17, 15) is 38.4 Å². The number of benzene rings is 5. The van der Waals surface area contributed by atoms with Crippen LogP contribution in [0.2, 0.25) is 0 Å². The number of esters is 8. The van der Waals surface area contributed by atoms with Crippen LogP contribution in [0.3, 0.4) is 0 Å². The maximum atomic E-state index is 15.0. The summed E-state index contributed by atoms with van der Waals surface area (Å²) in [5.74, 6) is -14.9. The average molecular weight is 1440 g/mol. The zero-order valence-electron chi connectivity index (χ0n) is 60.0. The molecule has 4 aliphatic rings. The molecule has 26 heteroatoms. The van der Waals surface area contributed by atoms with E-state index in [0.29, 0.717) is 0 Å². The number of amides is 1. The van der Waals surface area contributed by atoms with Crippen molar-refractivity contribution in [3.8, 4) is 0 Å². The number of nitrogens with one attached hydrogen (secondary N) is 2.